The smallest absolute Gasteiger partial charge is 0.257 e. The van der Waals surface area contributed by atoms with Crippen molar-refractivity contribution in [1.29, 1.82) is 0 Å². The van der Waals surface area contributed by atoms with Crippen LogP contribution in [0.5, 0.6) is 0 Å². The van der Waals surface area contributed by atoms with Crippen LogP contribution in [0.15, 0.2) is 96.7 Å². The maximum absolute atomic E-state index is 13.4. The molecule has 0 unspecified atom stereocenters. The van der Waals surface area contributed by atoms with Crippen LogP contribution in [0.25, 0.3) is 23.1 Å². The molecule has 0 amide bonds. The van der Waals surface area contributed by atoms with Gasteiger partial charge in [0.15, 0.2) is 0 Å². The van der Waals surface area contributed by atoms with Crippen molar-refractivity contribution < 1.29 is 8.42 Å². The maximum atomic E-state index is 13.4. The van der Waals surface area contributed by atoms with Crippen molar-refractivity contribution >= 4 is 33.1 Å². The second-order valence-corrected chi connectivity index (χ2v) is 8.95. The molecule has 0 aliphatic carbocycles. The fourth-order valence-electron chi connectivity index (χ4n) is 3.94. The fourth-order valence-corrected chi connectivity index (χ4v) is 5.17. The fraction of sp³-hybridized carbons (Fsp3) is 0.0400. The minimum absolute atomic E-state index is 0.451. The summed E-state index contributed by atoms with van der Waals surface area (Å²) in [6, 6.07) is 24.9. The molecule has 5 heteroatoms. The first-order chi connectivity index (χ1) is 14.6. The lowest BCUT2D eigenvalue weighted by atomic mass is 9.92. The van der Waals surface area contributed by atoms with Crippen LogP contribution in [0.4, 0.5) is 0 Å². The molecular formula is C25H20N2O2S. The molecule has 0 saturated carbocycles. The predicted octanol–water partition coefficient (Wildman–Crippen LogP) is 5.54. The number of H-pyrrole nitrogens is 1. The SMILES string of the molecule is O=S(=O)(/C=C\c1ccccc1)N1C=Cc2ccccc2[C@@H]1c1c[nH]c2ccccc12. The number of hydrogen-bond donors (Lipinski definition) is 1. The number of nitrogens with zero attached hydrogens (tertiary/aromatic N) is 1. The lowest BCUT2D eigenvalue weighted by Gasteiger charge is -2.33. The number of aromatic nitrogens is 1. The van der Waals surface area contributed by atoms with Gasteiger partial charge in [-0.3, -0.25) is 4.31 Å². The molecule has 0 saturated heterocycles. The third-order valence-corrected chi connectivity index (χ3v) is 6.79. The van der Waals surface area contributed by atoms with E-state index in [1.807, 2.05) is 91.1 Å². The van der Waals surface area contributed by atoms with Gasteiger partial charge >= 0.3 is 0 Å². The molecule has 0 spiro atoms. The molecule has 1 aromatic heterocycles. The van der Waals surface area contributed by atoms with E-state index in [2.05, 4.69) is 4.98 Å². The van der Waals surface area contributed by atoms with Gasteiger partial charge in [-0.2, -0.15) is 0 Å². The van der Waals surface area contributed by atoms with E-state index in [4.69, 9.17) is 0 Å². The lowest BCUT2D eigenvalue weighted by molar-refractivity contribution is 0.456. The summed E-state index contributed by atoms with van der Waals surface area (Å²) >= 11 is 0. The van der Waals surface area contributed by atoms with Crippen molar-refractivity contribution in [2.45, 2.75) is 6.04 Å². The molecule has 148 valence electrons. The number of hydrogen-bond acceptors (Lipinski definition) is 2. The Morgan fingerprint density at radius 2 is 1.57 bits per heavy atom. The minimum atomic E-state index is -3.72. The van der Waals surface area contributed by atoms with Crippen LogP contribution in [0.1, 0.15) is 28.3 Å². The Bertz CT molecular complexity index is 1370. The van der Waals surface area contributed by atoms with Gasteiger partial charge < -0.3 is 4.98 Å². The standard InChI is InChI=1S/C25H20N2O2S/c28-30(29,17-15-19-8-2-1-3-9-19)27-16-14-20-10-4-5-11-21(20)25(27)23-18-26-24-13-7-6-12-22(23)24/h1-18,25-26H/b17-15-/t25-/m1/s1. The van der Waals surface area contributed by atoms with Crippen molar-refractivity contribution in [1.82, 2.24) is 9.29 Å². The van der Waals surface area contributed by atoms with Gasteiger partial charge in [0.25, 0.3) is 10.0 Å². The summed E-state index contributed by atoms with van der Waals surface area (Å²) < 4.78 is 28.2. The molecular weight excluding hydrogens is 392 g/mol. The highest BCUT2D eigenvalue weighted by atomic mass is 32.2. The van der Waals surface area contributed by atoms with Crippen LogP contribution in [0.3, 0.4) is 0 Å². The monoisotopic (exact) mass is 412 g/mol. The predicted molar refractivity (Wildman–Crippen MR) is 122 cm³/mol. The Balaban J connectivity index is 1.64. The maximum Gasteiger partial charge on any atom is 0.257 e. The van der Waals surface area contributed by atoms with Gasteiger partial charge in [0.2, 0.25) is 0 Å². The van der Waals surface area contributed by atoms with Gasteiger partial charge in [0.1, 0.15) is 0 Å². The van der Waals surface area contributed by atoms with E-state index in [0.29, 0.717) is 0 Å². The van der Waals surface area contributed by atoms with E-state index in [1.165, 1.54) is 9.71 Å². The summed E-state index contributed by atoms with van der Waals surface area (Å²) in [6.45, 7) is 0. The summed E-state index contributed by atoms with van der Waals surface area (Å²) in [7, 11) is -3.72. The summed E-state index contributed by atoms with van der Waals surface area (Å²) in [5.74, 6) is 0. The van der Waals surface area contributed by atoms with E-state index < -0.39 is 16.1 Å². The zero-order chi connectivity index (χ0) is 20.6. The van der Waals surface area contributed by atoms with Crippen molar-refractivity contribution in [2.75, 3.05) is 0 Å². The van der Waals surface area contributed by atoms with Gasteiger partial charge in [0.05, 0.1) is 11.4 Å². The number of sulfonamides is 1. The van der Waals surface area contributed by atoms with Gasteiger partial charge in [-0.15, -0.1) is 0 Å². The number of nitrogens with one attached hydrogen (secondary N) is 1. The average Bonchev–Trinajstić information content (AvgIpc) is 3.21. The van der Waals surface area contributed by atoms with Crippen molar-refractivity contribution in [2.24, 2.45) is 0 Å². The molecule has 0 radical (unpaired) electrons. The van der Waals surface area contributed by atoms with Crippen molar-refractivity contribution in [3.63, 3.8) is 0 Å². The van der Waals surface area contributed by atoms with Crippen LogP contribution in [-0.2, 0) is 10.0 Å². The largest absolute Gasteiger partial charge is 0.361 e. The Kier molecular flexibility index (Phi) is 4.52. The first-order valence-electron chi connectivity index (χ1n) is 9.73. The van der Waals surface area contributed by atoms with Crippen LogP contribution < -0.4 is 0 Å². The highest BCUT2D eigenvalue weighted by Gasteiger charge is 2.33. The van der Waals surface area contributed by atoms with Gasteiger partial charge in [-0.05, 0) is 34.9 Å². The summed E-state index contributed by atoms with van der Waals surface area (Å²) in [5, 5.41) is 2.29. The zero-order valence-electron chi connectivity index (χ0n) is 16.1. The molecule has 1 atom stereocenters. The molecule has 30 heavy (non-hydrogen) atoms. The topological polar surface area (TPSA) is 53.2 Å². The average molecular weight is 413 g/mol. The van der Waals surface area contributed by atoms with E-state index >= 15 is 0 Å². The molecule has 4 aromatic rings. The third kappa shape index (κ3) is 3.23. The van der Waals surface area contributed by atoms with Crippen LogP contribution in [0.2, 0.25) is 0 Å². The molecule has 1 N–H and O–H groups in total. The van der Waals surface area contributed by atoms with Gasteiger partial charge in [0, 0.05) is 28.9 Å². The van der Waals surface area contributed by atoms with Crippen LogP contribution in [0, 0.1) is 0 Å². The molecule has 1 aliphatic rings. The first-order valence-corrected chi connectivity index (χ1v) is 11.2. The van der Waals surface area contributed by atoms with E-state index in [9.17, 15) is 8.42 Å². The number of fused-ring (bicyclic) bond motifs is 2. The summed E-state index contributed by atoms with van der Waals surface area (Å²) in [6.07, 6.45) is 7.07. The lowest BCUT2D eigenvalue weighted by Crippen LogP contribution is -2.31. The number of para-hydroxylation sites is 1. The van der Waals surface area contributed by atoms with E-state index in [1.54, 1.807) is 12.3 Å². The van der Waals surface area contributed by atoms with Gasteiger partial charge in [-0.25, -0.2) is 8.42 Å². The number of benzene rings is 3. The quantitative estimate of drug-likeness (QED) is 0.478. The Labute approximate surface area is 175 Å². The Morgan fingerprint density at radius 3 is 2.43 bits per heavy atom. The number of aromatic amines is 1. The summed E-state index contributed by atoms with van der Waals surface area (Å²) in [4.78, 5) is 3.28. The third-order valence-electron chi connectivity index (χ3n) is 5.39. The molecule has 0 bridgehead atoms. The van der Waals surface area contributed by atoms with Gasteiger partial charge in [-0.1, -0.05) is 72.8 Å². The second-order valence-electron chi connectivity index (χ2n) is 7.23. The molecule has 5 rings (SSSR count). The normalized spacial score (nSPS) is 16.3. The molecule has 3 aromatic carbocycles. The van der Waals surface area contributed by atoms with Crippen LogP contribution >= 0.6 is 0 Å². The number of rotatable bonds is 4. The van der Waals surface area contributed by atoms with Crippen LogP contribution in [-0.4, -0.2) is 17.7 Å². The first kappa shape index (κ1) is 18.5. The highest BCUT2D eigenvalue weighted by molar-refractivity contribution is 7.92. The Hall–Kier alpha value is -3.57. The minimum Gasteiger partial charge on any atom is -0.361 e. The van der Waals surface area contributed by atoms with Crippen molar-refractivity contribution in [3.8, 4) is 0 Å². The van der Waals surface area contributed by atoms with E-state index in [0.717, 1.165) is 33.2 Å². The second kappa shape index (κ2) is 7.35. The summed E-state index contributed by atoms with van der Waals surface area (Å²) in [5.41, 5.74) is 4.73. The molecule has 1 aliphatic heterocycles. The Morgan fingerprint density at radius 1 is 0.833 bits per heavy atom. The molecule has 4 nitrogen and oxygen atoms in total. The highest BCUT2D eigenvalue weighted by Crippen LogP contribution is 2.40. The molecule has 2 heterocycles. The van der Waals surface area contributed by atoms with E-state index in [-0.39, 0.29) is 0 Å². The molecule has 0 fully saturated rings. The van der Waals surface area contributed by atoms with Crippen molar-refractivity contribution in [3.05, 3.63) is 119 Å². The zero-order valence-corrected chi connectivity index (χ0v) is 17.0.